The van der Waals surface area contributed by atoms with Crippen molar-refractivity contribution in [2.75, 3.05) is 26.4 Å². The Labute approximate surface area is 124 Å². The number of carboxylic acid groups (broad SMARTS) is 1. The van der Waals surface area contributed by atoms with Crippen LogP contribution in [0.5, 0.6) is 0 Å². The van der Waals surface area contributed by atoms with E-state index in [9.17, 15) is 13.9 Å². The molecule has 9 nitrogen and oxygen atoms in total. The first-order valence-electron chi connectivity index (χ1n) is 6.56. The van der Waals surface area contributed by atoms with Crippen molar-refractivity contribution < 1.29 is 37.1 Å². The normalized spacial score (nSPS) is 12.6. The predicted molar refractivity (Wildman–Crippen MR) is 76.7 cm³/mol. The zero-order valence-electron chi connectivity index (χ0n) is 12.6. The molecule has 0 unspecified atom stereocenters. The maximum atomic E-state index is 12.7. The summed E-state index contributed by atoms with van der Waals surface area (Å²) < 4.78 is 45.7. The maximum Gasteiger partial charge on any atom is 0.405 e. The van der Waals surface area contributed by atoms with Crippen LogP contribution in [0.2, 0.25) is 0 Å². The molecule has 0 aromatic heterocycles. The van der Waals surface area contributed by atoms with Crippen LogP contribution < -0.4 is 5.32 Å². The molecule has 0 heterocycles. The Balaban J connectivity index is 5.74. The first-order valence-corrected chi connectivity index (χ1v) is 9.79. The summed E-state index contributed by atoms with van der Waals surface area (Å²) in [5, 5.41) is 10.8. The Kier molecular flexibility index (Phi) is 9.36. The van der Waals surface area contributed by atoms with Crippen LogP contribution in [-0.2, 0) is 27.2 Å². The number of amides is 1. The number of hydrogen-bond donors (Lipinski definition) is 2. The molecule has 1 amide bonds. The highest BCUT2D eigenvalue weighted by atomic mass is 31.2. The van der Waals surface area contributed by atoms with Gasteiger partial charge in [-0.15, -0.1) is 0 Å². The average molecular weight is 347 g/mol. The predicted octanol–water partition coefficient (Wildman–Crippen LogP) is 3.07. The van der Waals surface area contributed by atoms with E-state index < -0.39 is 26.8 Å². The summed E-state index contributed by atoms with van der Waals surface area (Å²) in [4.78, 5) is 10.9. The van der Waals surface area contributed by atoms with Crippen LogP contribution in [0.1, 0.15) is 27.7 Å². The van der Waals surface area contributed by atoms with E-state index >= 15 is 0 Å². The third kappa shape index (κ3) is 6.06. The highest BCUT2D eigenvalue weighted by Crippen LogP contribution is 2.69. The van der Waals surface area contributed by atoms with Crippen LogP contribution in [0.15, 0.2) is 0 Å². The van der Waals surface area contributed by atoms with Gasteiger partial charge in [-0.25, -0.2) is 4.79 Å². The summed E-state index contributed by atoms with van der Waals surface area (Å²) in [5.74, 6) is 0. The standard InChI is InChI=1S/C10H23NO8P2/c1-5-16-20(14,17-6-2)10(11-9(12)13)21(15,18-7-3)19-8-4/h10-11H,5-8H2,1-4H3,(H,12,13). The monoisotopic (exact) mass is 347 g/mol. The highest BCUT2D eigenvalue weighted by molar-refractivity contribution is 7.72. The van der Waals surface area contributed by atoms with Crippen LogP contribution in [0, 0.1) is 0 Å². The molecule has 11 heteroatoms. The lowest BCUT2D eigenvalue weighted by molar-refractivity contribution is 0.173. The Hall–Kier alpha value is -0.430. The van der Waals surface area contributed by atoms with E-state index in [0.29, 0.717) is 0 Å². The number of hydrogen-bond acceptors (Lipinski definition) is 7. The van der Waals surface area contributed by atoms with Crippen molar-refractivity contribution in [3.05, 3.63) is 0 Å². The zero-order chi connectivity index (χ0) is 16.5. The van der Waals surface area contributed by atoms with E-state index in [0.717, 1.165) is 0 Å². The van der Waals surface area contributed by atoms with E-state index in [1.807, 2.05) is 5.32 Å². The van der Waals surface area contributed by atoms with E-state index in [1.165, 1.54) is 0 Å². The molecule has 0 aliphatic heterocycles. The van der Waals surface area contributed by atoms with Crippen LogP contribution in [0.4, 0.5) is 4.79 Å². The summed E-state index contributed by atoms with van der Waals surface area (Å²) in [6.45, 7) is 6.12. The summed E-state index contributed by atoms with van der Waals surface area (Å²) in [6, 6.07) is 0. The van der Waals surface area contributed by atoms with Gasteiger partial charge in [-0.05, 0) is 27.7 Å². The summed E-state index contributed by atoms with van der Waals surface area (Å²) >= 11 is 0. The summed E-state index contributed by atoms with van der Waals surface area (Å²) in [6.07, 6.45) is -1.54. The van der Waals surface area contributed by atoms with Gasteiger partial charge < -0.3 is 23.2 Å². The van der Waals surface area contributed by atoms with Crippen LogP contribution >= 0.6 is 15.2 Å². The van der Waals surface area contributed by atoms with Crippen molar-refractivity contribution in [1.82, 2.24) is 5.32 Å². The first-order chi connectivity index (χ1) is 9.79. The molecule has 0 aliphatic rings. The number of carbonyl (C=O) groups is 1. The largest absolute Gasteiger partial charge is 0.465 e. The van der Waals surface area contributed by atoms with Gasteiger partial charge in [-0.1, -0.05) is 0 Å². The SMILES string of the molecule is CCOP(=O)(OCC)C(NC(=O)O)P(=O)(OCC)OCC. The third-order valence-corrected chi connectivity index (χ3v) is 7.71. The molecule has 0 aliphatic carbocycles. The lowest BCUT2D eigenvalue weighted by Crippen LogP contribution is -2.36. The molecule has 0 saturated heterocycles. The fourth-order valence-electron chi connectivity index (χ4n) is 1.52. The fourth-order valence-corrected chi connectivity index (χ4v) is 6.39. The van der Waals surface area contributed by atoms with Gasteiger partial charge in [-0.3, -0.25) is 14.4 Å². The molecule has 0 spiro atoms. The molecule has 0 aromatic rings. The molecular formula is C10H23NO8P2. The second-order valence-corrected chi connectivity index (χ2v) is 8.21. The molecule has 0 bridgehead atoms. The second kappa shape index (κ2) is 9.56. The fraction of sp³-hybridized carbons (Fsp3) is 0.900. The molecule has 21 heavy (non-hydrogen) atoms. The molecule has 0 fully saturated rings. The quantitative estimate of drug-likeness (QED) is 0.547. The van der Waals surface area contributed by atoms with Crippen LogP contribution in [0.25, 0.3) is 0 Å². The highest BCUT2D eigenvalue weighted by Gasteiger charge is 2.52. The van der Waals surface area contributed by atoms with Gasteiger partial charge in [0.15, 0.2) is 0 Å². The van der Waals surface area contributed by atoms with Crippen molar-refractivity contribution in [3.8, 4) is 0 Å². The van der Waals surface area contributed by atoms with Gasteiger partial charge in [0.1, 0.15) is 0 Å². The van der Waals surface area contributed by atoms with Gasteiger partial charge in [0.2, 0.25) is 5.52 Å². The van der Waals surface area contributed by atoms with Crippen molar-refractivity contribution in [2.45, 2.75) is 33.2 Å². The van der Waals surface area contributed by atoms with Gasteiger partial charge in [0.25, 0.3) is 0 Å². The lowest BCUT2D eigenvalue weighted by atomic mass is 10.9. The topological polar surface area (TPSA) is 120 Å². The lowest BCUT2D eigenvalue weighted by Gasteiger charge is -2.30. The smallest absolute Gasteiger partial charge is 0.405 e. The van der Waals surface area contributed by atoms with Crippen molar-refractivity contribution in [3.63, 3.8) is 0 Å². The molecule has 2 N–H and O–H groups in total. The molecule has 126 valence electrons. The molecular weight excluding hydrogens is 324 g/mol. The van der Waals surface area contributed by atoms with Crippen LogP contribution in [0.3, 0.4) is 0 Å². The Morgan fingerprint density at radius 2 is 1.19 bits per heavy atom. The minimum atomic E-state index is -4.07. The average Bonchev–Trinajstić information content (AvgIpc) is 2.36. The third-order valence-electron chi connectivity index (χ3n) is 2.09. The van der Waals surface area contributed by atoms with Gasteiger partial charge >= 0.3 is 21.3 Å². The van der Waals surface area contributed by atoms with E-state index in [1.54, 1.807) is 27.7 Å². The number of nitrogens with one attached hydrogen (secondary N) is 1. The molecule has 0 radical (unpaired) electrons. The van der Waals surface area contributed by atoms with E-state index in [2.05, 4.69) is 0 Å². The minimum absolute atomic E-state index is 0.0205. The Morgan fingerprint density at radius 3 is 1.38 bits per heavy atom. The van der Waals surface area contributed by atoms with E-state index in [-0.39, 0.29) is 26.4 Å². The van der Waals surface area contributed by atoms with Gasteiger partial charge in [0, 0.05) is 0 Å². The van der Waals surface area contributed by atoms with Crippen molar-refractivity contribution >= 4 is 21.3 Å². The molecule has 0 atom stereocenters. The molecule has 0 rings (SSSR count). The van der Waals surface area contributed by atoms with Crippen LogP contribution in [-0.4, -0.2) is 43.2 Å². The number of rotatable bonds is 11. The van der Waals surface area contributed by atoms with Crippen molar-refractivity contribution in [1.29, 1.82) is 0 Å². The summed E-state index contributed by atoms with van der Waals surface area (Å²) in [5.41, 5.74) is -1.75. The van der Waals surface area contributed by atoms with Crippen molar-refractivity contribution in [2.24, 2.45) is 0 Å². The second-order valence-electron chi connectivity index (χ2n) is 3.57. The van der Waals surface area contributed by atoms with Gasteiger partial charge in [-0.2, -0.15) is 0 Å². The Bertz CT molecular complexity index is 366. The summed E-state index contributed by atoms with van der Waals surface area (Å²) in [7, 11) is -8.14. The molecule has 0 saturated carbocycles. The minimum Gasteiger partial charge on any atom is -0.465 e. The maximum absolute atomic E-state index is 12.7. The van der Waals surface area contributed by atoms with E-state index in [4.69, 9.17) is 23.2 Å². The van der Waals surface area contributed by atoms with Gasteiger partial charge in [0.05, 0.1) is 26.4 Å². The molecule has 0 aromatic carbocycles. The Morgan fingerprint density at radius 1 is 0.905 bits per heavy atom. The first kappa shape index (κ1) is 20.6. The zero-order valence-corrected chi connectivity index (χ0v) is 14.4.